The van der Waals surface area contributed by atoms with Crippen LogP contribution < -0.4 is 5.32 Å². The first-order chi connectivity index (χ1) is 13.5. The zero-order chi connectivity index (χ0) is 20.1. The van der Waals surface area contributed by atoms with Gasteiger partial charge in [-0.05, 0) is 44.9 Å². The van der Waals surface area contributed by atoms with Gasteiger partial charge in [0.05, 0.1) is 17.7 Å². The van der Waals surface area contributed by atoms with Gasteiger partial charge in [0, 0.05) is 36.1 Å². The number of hydrogen-bond acceptors (Lipinski definition) is 4. The summed E-state index contributed by atoms with van der Waals surface area (Å²) in [4.78, 5) is 25.6. The maximum Gasteiger partial charge on any atom is 0.251 e. The molecule has 3 rings (SSSR count). The molecule has 1 aromatic carbocycles. The van der Waals surface area contributed by atoms with Crippen molar-refractivity contribution in [2.75, 3.05) is 6.54 Å². The second-order valence-electron chi connectivity index (χ2n) is 6.98. The summed E-state index contributed by atoms with van der Waals surface area (Å²) in [6.45, 7) is 9.32. The van der Waals surface area contributed by atoms with E-state index >= 15 is 0 Å². The van der Waals surface area contributed by atoms with Crippen molar-refractivity contribution in [3.63, 3.8) is 0 Å². The lowest BCUT2D eigenvalue weighted by atomic mass is 10.0. The minimum atomic E-state index is -0.0753. The highest BCUT2D eigenvalue weighted by Gasteiger charge is 2.10. The molecule has 0 saturated carbocycles. The molecule has 0 fully saturated rings. The van der Waals surface area contributed by atoms with E-state index < -0.39 is 0 Å². The highest BCUT2D eigenvalue weighted by Crippen LogP contribution is 2.23. The Balaban J connectivity index is 1.66. The Bertz CT molecular complexity index is 960. The molecule has 0 saturated heterocycles. The molecule has 3 aromatic rings. The summed E-state index contributed by atoms with van der Waals surface area (Å²) < 4.78 is 2.05. The molecule has 146 valence electrons. The zero-order valence-corrected chi connectivity index (χ0v) is 17.0. The lowest BCUT2D eigenvalue weighted by molar-refractivity contribution is 0.0952. The first-order valence-electron chi connectivity index (χ1n) is 9.69. The molecule has 0 aliphatic rings. The standard InChI is InChI=1S/C22H27N5O/c1-5-6-20-13-24-17(4)26-21(20)18-7-9-19(10-8-18)22(28)23-11-12-27-14-25-15(2)16(27)3/h7-10,13-14H,5-6,11-12H2,1-4H3,(H,23,28). The largest absolute Gasteiger partial charge is 0.350 e. The van der Waals surface area contributed by atoms with Crippen LogP contribution >= 0.6 is 0 Å². The number of benzene rings is 1. The molecule has 0 aliphatic carbocycles. The molecule has 0 spiro atoms. The molecule has 1 N–H and O–H groups in total. The van der Waals surface area contributed by atoms with E-state index in [1.165, 1.54) is 0 Å². The predicted octanol–water partition coefficient (Wildman–Crippen LogP) is 3.65. The van der Waals surface area contributed by atoms with E-state index in [9.17, 15) is 4.79 Å². The summed E-state index contributed by atoms with van der Waals surface area (Å²) in [6, 6.07) is 7.62. The van der Waals surface area contributed by atoms with Gasteiger partial charge >= 0.3 is 0 Å². The van der Waals surface area contributed by atoms with Crippen LogP contribution in [0.4, 0.5) is 0 Å². The fourth-order valence-corrected chi connectivity index (χ4v) is 3.14. The Labute approximate surface area is 166 Å². The number of carbonyl (C=O) groups excluding carboxylic acids is 1. The lowest BCUT2D eigenvalue weighted by Crippen LogP contribution is -2.27. The zero-order valence-electron chi connectivity index (χ0n) is 17.0. The van der Waals surface area contributed by atoms with Crippen molar-refractivity contribution in [2.24, 2.45) is 0 Å². The Morgan fingerprint density at radius 1 is 1.11 bits per heavy atom. The van der Waals surface area contributed by atoms with E-state index in [4.69, 9.17) is 0 Å². The number of carbonyl (C=O) groups is 1. The molecule has 2 heterocycles. The third-order valence-corrected chi connectivity index (χ3v) is 4.91. The Morgan fingerprint density at radius 3 is 2.50 bits per heavy atom. The number of hydrogen-bond donors (Lipinski definition) is 1. The molecular formula is C22H27N5O. The first-order valence-corrected chi connectivity index (χ1v) is 9.69. The van der Waals surface area contributed by atoms with Crippen LogP contribution in [0.2, 0.25) is 0 Å². The number of amides is 1. The number of nitrogens with one attached hydrogen (secondary N) is 1. The Hall–Kier alpha value is -3.02. The first kappa shape index (κ1) is 19.7. The van der Waals surface area contributed by atoms with Crippen LogP contribution in [0.1, 0.15) is 46.5 Å². The minimum Gasteiger partial charge on any atom is -0.350 e. The van der Waals surface area contributed by atoms with Crippen molar-refractivity contribution in [2.45, 2.75) is 47.1 Å². The third-order valence-electron chi connectivity index (χ3n) is 4.91. The quantitative estimate of drug-likeness (QED) is 0.682. The van der Waals surface area contributed by atoms with Crippen LogP contribution in [-0.2, 0) is 13.0 Å². The summed E-state index contributed by atoms with van der Waals surface area (Å²) in [5, 5.41) is 2.97. The van der Waals surface area contributed by atoms with Gasteiger partial charge in [0.2, 0.25) is 0 Å². The van der Waals surface area contributed by atoms with Crippen molar-refractivity contribution in [3.05, 3.63) is 65.1 Å². The van der Waals surface area contributed by atoms with Gasteiger partial charge in [-0.1, -0.05) is 25.5 Å². The summed E-state index contributed by atoms with van der Waals surface area (Å²) >= 11 is 0. The fraction of sp³-hybridized carbons (Fsp3) is 0.364. The SMILES string of the molecule is CCCc1cnc(C)nc1-c1ccc(C(=O)NCCn2cnc(C)c2C)cc1. The Kier molecular flexibility index (Phi) is 6.19. The highest BCUT2D eigenvalue weighted by molar-refractivity contribution is 5.94. The van der Waals surface area contributed by atoms with Crippen molar-refractivity contribution >= 4 is 5.91 Å². The summed E-state index contributed by atoms with van der Waals surface area (Å²) in [7, 11) is 0. The van der Waals surface area contributed by atoms with Crippen molar-refractivity contribution in [1.82, 2.24) is 24.8 Å². The van der Waals surface area contributed by atoms with Crippen LogP contribution in [-0.4, -0.2) is 32.0 Å². The lowest BCUT2D eigenvalue weighted by Gasteiger charge is -2.10. The molecule has 28 heavy (non-hydrogen) atoms. The molecule has 0 radical (unpaired) electrons. The van der Waals surface area contributed by atoms with E-state index in [1.54, 1.807) is 0 Å². The number of rotatable bonds is 7. The number of nitrogens with zero attached hydrogens (tertiary/aromatic N) is 4. The van der Waals surface area contributed by atoms with E-state index in [1.807, 2.05) is 62.1 Å². The second kappa shape index (κ2) is 8.78. The summed E-state index contributed by atoms with van der Waals surface area (Å²) in [5.41, 5.74) is 5.88. The molecular weight excluding hydrogens is 350 g/mol. The average Bonchev–Trinajstić information content (AvgIpc) is 3.02. The van der Waals surface area contributed by atoms with Crippen LogP contribution in [0, 0.1) is 20.8 Å². The van der Waals surface area contributed by atoms with Gasteiger partial charge in [0.25, 0.3) is 5.91 Å². The minimum absolute atomic E-state index is 0.0753. The van der Waals surface area contributed by atoms with E-state index in [2.05, 4.69) is 27.2 Å². The molecule has 1 amide bonds. The highest BCUT2D eigenvalue weighted by atomic mass is 16.1. The van der Waals surface area contributed by atoms with Crippen molar-refractivity contribution in [3.8, 4) is 11.3 Å². The normalized spacial score (nSPS) is 10.9. The summed E-state index contributed by atoms with van der Waals surface area (Å²) in [6.07, 6.45) is 5.69. The van der Waals surface area contributed by atoms with Gasteiger partial charge in [-0.2, -0.15) is 0 Å². The molecule has 6 nitrogen and oxygen atoms in total. The van der Waals surface area contributed by atoms with Crippen LogP contribution in [0.15, 0.2) is 36.8 Å². The van der Waals surface area contributed by atoms with Gasteiger partial charge in [0.15, 0.2) is 0 Å². The number of aryl methyl sites for hydroxylation is 3. The number of aromatic nitrogens is 4. The molecule has 6 heteroatoms. The third kappa shape index (κ3) is 4.44. The van der Waals surface area contributed by atoms with Crippen LogP contribution in [0.25, 0.3) is 11.3 Å². The van der Waals surface area contributed by atoms with E-state index in [0.29, 0.717) is 18.7 Å². The van der Waals surface area contributed by atoms with Crippen LogP contribution in [0.5, 0.6) is 0 Å². The predicted molar refractivity (Wildman–Crippen MR) is 110 cm³/mol. The summed E-state index contributed by atoms with van der Waals surface area (Å²) in [5.74, 6) is 0.676. The topological polar surface area (TPSA) is 72.7 Å². The van der Waals surface area contributed by atoms with Gasteiger partial charge in [-0.3, -0.25) is 4.79 Å². The van der Waals surface area contributed by atoms with Gasteiger partial charge < -0.3 is 9.88 Å². The van der Waals surface area contributed by atoms with Gasteiger partial charge in [0.1, 0.15) is 5.82 Å². The van der Waals surface area contributed by atoms with E-state index in [0.717, 1.165) is 46.9 Å². The number of imidazole rings is 1. The molecule has 0 aliphatic heterocycles. The molecule has 0 atom stereocenters. The fourth-order valence-electron chi connectivity index (χ4n) is 3.14. The van der Waals surface area contributed by atoms with Crippen molar-refractivity contribution < 1.29 is 4.79 Å². The maximum atomic E-state index is 12.4. The van der Waals surface area contributed by atoms with Crippen molar-refractivity contribution in [1.29, 1.82) is 0 Å². The molecule has 2 aromatic heterocycles. The molecule has 0 bridgehead atoms. The maximum absolute atomic E-state index is 12.4. The Morgan fingerprint density at radius 2 is 1.86 bits per heavy atom. The monoisotopic (exact) mass is 377 g/mol. The second-order valence-corrected chi connectivity index (χ2v) is 6.98. The smallest absolute Gasteiger partial charge is 0.251 e. The van der Waals surface area contributed by atoms with Gasteiger partial charge in [-0.25, -0.2) is 15.0 Å². The average molecular weight is 377 g/mol. The van der Waals surface area contributed by atoms with Gasteiger partial charge in [-0.15, -0.1) is 0 Å². The van der Waals surface area contributed by atoms with E-state index in [-0.39, 0.29) is 5.91 Å². The molecule has 0 unspecified atom stereocenters. The van der Waals surface area contributed by atoms with Crippen LogP contribution in [0.3, 0.4) is 0 Å².